The molecule has 0 aliphatic rings. The highest BCUT2D eigenvalue weighted by Gasteiger charge is 2.02. The van der Waals surface area contributed by atoms with Gasteiger partial charge in [-0.2, -0.15) is 0 Å². The highest BCUT2D eigenvalue weighted by Crippen LogP contribution is 2.09. The summed E-state index contributed by atoms with van der Waals surface area (Å²) in [6, 6.07) is 0. The van der Waals surface area contributed by atoms with Gasteiger partial charge in [-0.3, -0.25) is 9.59 Å². The largest absolute Gasteiger partial charge is 0.481 e. The van der Waals surface area contributed by atoms with E-state index in [1.807, 2.05) is 0 Å². The zero-order valence-electron chi connectivity index (χ0n) is 11.6. The van der Waals surface area contributed by atoms with Crippen LogP contribution >= 0.6 is 0 Å². The van der Waals surface area contributed by atoms with E-state index in [4.69, 9.17) is 14.9 Å². The van der Waals surface area contributed by atoms with Crippen LogP contribution in [0.25, 0.3) is 0 Å². The number of carboxylic acid groups (broad SMARTS) is 1. The molecule has 0 fully saturated rings. The van der Waals surface area contributed by atoms with E-state index in [0.29, 0.717) is 25.9 Å². The number of aliphatic carboxylic acids is 1. The Kier molecular flexibility index (Phi) is 12.6. The van der Waals surface area contributed by atoms with Gasteiger partial charge >= 0.3 is 11.9 Å². The second-order valence-electron chi connectivity index (χ2n) is 4.67. The van der Waals surface area contributed by atoms with Gasteiger partial charge in [0, 0.05) is 19.4 Å². The maximum absolute atomic E-state index is 11.3. The van der Waals surface area contributed by atoms with Crippen LogP contribution in [0.15, 0.2) is 0 Å². The molecule has 0 saturated heterocycles. The molecule has 0 unspecified atom stereocenters. The molecule has 19 heavy (non-hydrogen) atoms. The van der Waals surface area contributed by atoms with Gasteiger partial charge < -0.3 is 14.9 Å². The number of hydrogen-bond donors (Lipinski definition) is 2. The first-order valence-corrected chi connectivity index (χ1v) is 7.15. The lowest BCUT2D eigenvalue weighted by Crippen LogP contribution is -2.06. The lowest BCUT2D eigenvalue weighted by atomic mass is 10.1. The predicted octanol–water partition coefficient (Wildman–Crippen LogP) is 2.51. The number of aliphatic hydroxyl groups excluding tert-OH is 1. The van der Waals surface area contributed by atoms with E-state index in [2.05, 4.69) is 0 Å². The molecule has 0 aromatic carbocycles. The van der Waals surface area contributed by atoms with Gasteiger partial charge in [-0.05, 0) is 25.7 Å². The first-order valence-electron chi connectivity index (χ1n) is 7.15. The van der Waals surface area contributed by atoms with Crippen LogP contribution in [0.4, 0.5) is 0 Å². The minimum Gasteiger partial charge on any atom is -0.481 e. The molecule has 0 aliphatic heterocycles. The summed E-state index contributed by atoms with van der Waals surface area (Å²) in [5, 5.41) is 17.0. The molecule has 2 N–H and O–H groups in total. The lowest BCUT2D eigenvalue weighted by Gasteiger charge is -2.04. The van der Waals surface area contributed by atoms with Gasteiger partial charge in [0.15, 0.2) is 0 Å². The van der Waals surface area contributed by atoms with Gasteiger partial charge in [-0.1, -0.05) is 25.7 Å². The molecule has 112 valence electrons. The second-order valence-corrected chi connectivity index (χ2v) is 4.67. The number of rotatable bonds is 13. The van der Waals surface area contributed by atoms with E-state index in [1.54, 1.807) is 0 Å². The van der Waals surface area contributed by atoms with Gasteiger partial charge in [0.2, 0.25) is 0 Å². The quantitative estimate of drug-likeness (QED) is 0.398. The average molecular weight is 274 g/mol. The third kappa shape index (κ3) is 14.8. The van der Waals surface area contributed by atoms with Gasteiger partial charge in [0.1, 0.15) is 0 Å². The minimum absolute atomic E-state index is 0.138. The Bertz CT molecular complexity index is 240. The predicted molar refractivity (Wildman–Crippen MR) is 71.9 cm³/mol. The Labute approximate surface area is 115 Å². The molecule has 0 atom stereocenters. The van der Waals surface area contributed by atoms with Crippen molar-refractivity contribution in [1.82, 2.24) is 0 Å². The van der Waals surface area contributed by atoms with Crippen molar-refractivity contribution in [2.24, 2.45) is 0 Å². The number of carbonyl (C=O) groups is 2. The van der Waals surface area contributed by atoms with Crippen molar-refractivity contribution in [1.29, 1.82) is 0 Å². The van der Waals surface area contributed by atoms with E-state index in [9.17, 15) is 9.59 Å². The minimum atomic E-state index is -0.732. The number of ether oxygens (including phenoxy) is 1. The molecular formula is C14H26O5. The topological polar surface area (TPSA) is 83.8 Å². The van der Waals surface area contributed by atoms with Crippen LogP contribution in [-0.4, -0.2) is 35.4 Å². The van der Waals surface area contributed by atoms with E-state index in [0.717, 1.165) is 38.5 Å². The molecule has 0 rings (SSSR count). The summed E-state index contributed by atoms with van der Waals surface area (Å²) in [6.45, 7) is 0.536. The van der Waals surface area contributed by atoms with Crippen LogP contribution < -0.4 is 0 Å². The number of carbonyl (C=O) groups excluding carboxylic acids is 1. The van der Waals surface area contributed by atoms with Crippen molar-refractivity contribution in [3.8, 4) is 0 Å². The van der Waals surface area contributed by atoms with Gasteiger partial charge in [-0.15, -0.1) is 0 Å². The SMILES string of the molecule is O=C(O)CCCCCCCCC(=O)OCCCCO. The monoisotopic (exact) mass is 274 g/mol. The molecule has 5 nitrogen and oxygen atoms in total. The molecule has 0 aliphatic carbocycles. The number of unbranched alkanes of at least 4 members (excludes halogenated alkanes) is 6. The Morgan fingerprint density at radius 3 is 1.95 bits per heavy atom. The smallest absolute Gasteiger partial charge is 0.305 e. The van der Waals surface area contributed by atoms with Crippen molar-refractivity contribution in [3.05, 3.63) is 0 Å². The van der Waals surface area contributed by atoms with Crippen molar-refractivity contribution in [3.63, 3.8) is 0 Å². The van der Waals surface area contributed by atoms with Crippen molar-refractivity contribution >= 4 is 11.9 Å². The summed E-state index contributed by atoms with van der Waals surface area (Å²) >= 11 is 0. The number of esters is 1. The van der Waals surface area contributed by atoms with E-state index in [-0.39, 0.29) is 19.0 Å². The fourth-order valence-corrected chi connectivity index (χ4v) is 1.72. The fourth-order valence-electron chi connectivity index (χ4n) is 1.72. The summed E-state index contributed by atoms with van der Waals surface area (Å²) in [5.41, 5.74) is 0. The Morgan fingerprint density at radius 2 is 1.37 bits per heavy atom. The Morgan fingerprint density at radius 1 is 0.789 bits per heavy atom. The maximum atomic E-state index is 11.3. The van der Waals surface area contributed by atoms with E-state index < -0.39 is 5.97 Å². The number of hydrogen-bond acceptors (Lipinski definition) is 4. The zero-order chi connectivity index (χ0) is 14.3. The van der Waals surface area contributed by atoms with Crippen LogP contribution in [0.3, 0.4) is 0 Å². The molecule has 0 saturated carbocycles. The third-order valence-electron chi connectivity index (χ3n) is 2.84. The number of carboxylic acids is 1. The van der Waals surface area contributed by atoms with Gasteiger partial charge in [-0.25, -0.2) is 0 Å². The highest BCUT2D eigenvalue weighted by molar-refractivity contribution is 5.69. The summed E-state index contributed by atoms with van der Waals surface area (Å²) in [6.07, 6.45) is 7.65. The molecule has 0 aromatic heterocycles. The second kappa shape index (κ2) is 13.3. The number of aliphatic hydroxyl groups is 1. The fraction of sp³-hybridized carbons (Fsp3) is 0.857. The summed E-state index contributed by atoms with van der Waals surface area (Å²) in [7, 11) is 0. The van der Waals surface area contributed by atoms with Gasteiger partial charge in [0.05, 0.1) is 6.61 Å². The van der Waals surface area contributed by atoms with E-state index >= 15 is 0 Å². The van der Waals surface area contributed by atoms with Crippen LogP contribution in [0.5, 0.6) is 0 Å². The van der Waals surface area contributed by atoms with Crippen molar-refractivity contribution in [2.45, 2.75) is 64.2 Å². The first-order chi connectivity index (χ1) is 9.16. The summed E-state index contributed by atoms with van der Waals surface area (Å²) in [4.78, 5) is 21.5. The van der Waals surface area contributed by atoms with Crippen LogP contribution in [-0.2, 0) is 14.3 Å². The average Bonchev–Trinajstić information content (AvgIpc) is 2.37. The molecule has 0 aromatic rings. The molecule has 0 heterocycles. The van der Waals surface area contributed by atoms with Crippen LogP contribution in [0.2, 0.25) is 0 Å². The Balaban J connectivity index is 3.16. The van der Waals surface area contributed by atoms with Crippen molar-refractivity contribution < 1.29 is 24.5 Å². The molecular weight excluding hydrogens is 248 g/mol. The molecule has 5 heteroatoms. The maximum Gasteiger partial charge on any atom is 0.305 e. The van der Waals surface area contributed by atoms with Crippen molar-refractivity contribution in [2.75, 3.05) is 13.2 Å². The normalized spacial score (nSPS) is 10.4. The van der Waals surface area contributed by atoms with Crippen LogP contribution in [0.1, 0.15) is 64.2 Å². The Hall–Kier alpha value is -1.10. The molecule has 0 radical (unpaired) electrons. The molecule has 0 spiro atoms. The molecule has 0 amide bonds. The van der Waals surface area contributed by atoms with Gasteiger partial charge in [0.25, 0.3) is 0 Å². The standard InChI is InChI=1S/C14H26O5/c15-11-7-8-12-19-14(18)10-6-4-2-1-3-5-9-13(16)17/h15H,1-12H2,(H,16,17). The first kappa shape index (κ1) is 17.9. The van der Waals surface area contributed by atoms with E-state index in [1.165, 1.54) is 0 Å². The van der Waals surface area contributed by atoms with Crippen LogP contribution in [0, 0.1) is 0 Å². The lowest BCUT2D eigenvalue weighted by molar-refractivity contribution is -0.144. The third-order valence-corrected chi connectivity index (χ3v) is 2.84. The zero-order valence-corrected chi connectivity index (χ0v) is 11.6. The summed E-state index contributed by atoms with van der Waals surface area (Å²) < 4.78 is 5.00. The summed E-state index contributed by atoms with van der Waals surface area (Å²) in [5.74, 6) is -0.896. The highest BCUT2D eigenvalue weighted by atomic mass is 16.5. The molecule has 0 bridgehead atoms.